The van der Waals surface area contributed by atoms with Crippen molar-refractivity contribution in [2.24, 2.45) is 0 Å². The van der Waals surface area contributed by atoms with Gasteiger partial charge < -0.3 is 0 Å². The van der Waals surface area contributed by atoms with E-state index in [1.54, 1.807) is 12.4 Å². The fourth-order valence-corrected chi connectivity index (χ4v) is 2.59. The van der Waals surface area contributed by atoms with Gasteiger partial charge in [0.1, 0.15) is 23.3 Å². The summed E-state index contributed by atoms with van der Waals surface area (Å²) in [5, 5.41) is 8.72. The lowest BCUT2D eigenvalue weighted by molar-refractivity contribution is 0.577. The third-order valence-electron chi connectivity index (χ3n) is 3.89. The number of aromatic nitrogens is 2. The van der Waals surface area contributed by atoms with E-state index in [1.807, 2.05) is 12.1 Å². The molecule has 1 aromatic heterocycles. The summed E-state index contributed by atoms with van der Waals surface area (Å²) in [6.07, 6.45) is 5.36. The van der Waals surface area contributed by atoms with Crippen molar-refractivity contribution in [1.82, 2.24) is 9.97 Å². The van der Waals surface area contributed by atoms with Crippen LogP contribution in [0.1, 0.15) is 24.5 Å². The average molecular weight is 335 g/mol. The number of benzene rings is 2. The van der Waals surface area contributed by atoms with E-state index in [-0.39, 0.29) is 11.4 Å². The Morgan fingerprint density at radius 3 is 2.04 bits per heavy atom. The van der Waals surface area contributed by atoms with Crippen LogP contribution in [0.5, 0.6) is 0 Å². The first kappa shape index (κ1) is 16.7. The van der Waals surface area contributed by atoms with E-state index in [1.165, 1.54) is 11.6 Å². The van der Waals surface area contributed by atoms with Crippen LogP contribution < -0.4 is 0 Å². The Kier molecular flexibility index (Phi) is 4.80. The molecule has 0 radical (unpaired) electrons. The van der Waals surface area contributed by atoms with Crippen molar-refractivity contribution in [3.8, 4) is 28.6 Å². The minimum Gasteiger partial charge on any atom is -0.236 e. The molecule has 5 heteroatoms. The van der Waals surface area contributed by atoms with Crippen molar-refractivity contribution < 1.29 is 8.78 Å². The first-order chi connectivity index (χ1) is 12.1. The van der Waals surface area contributed by atoms with Gasteiger partial charge in [0.25, 0.3) is 0 Å². The second kappa shape index (κ2) is 7.18. The van der Waals surface area contributed by atoms with Crippen molar-refractivity contribution in [3.05, 3.63) is 71.6 Å². The molecule has 0 N–H and O–H groups in total. The summed E-state index contributed by atoms with van der Waals surface area (Å²) in [7, 11) is 0. The van der Waals surface area contributed by atoms with E-state index in [9.17, 15) is 8.78 Å². The number of hydrogen-bond acceptors (Lipinski definition) is 3. The molecular formula is C20H15F2N3. The minimum atomic E-state index is -0.920. The molecule has 2 aromatic carbocycles. The van der Waals surface area contributed by atoms with Crippen LogP contribution in [0.15, 0.2) is 48.8 Å². The highest BCUT2D eigenvalue weighted by Gasteiger charge is 2.13. The summed E-state index contributed by atoms with van der Waals surface area (Å²) in [5.41, 5.74) is 2.66. The first-order valence-corrected chi connectivity index (χ1v) is 7.93. The Bertz CT molecular complexity index is 904. The van der Waals surface area contributed by atoms with Gasteiger partial charge in [0.15, 0.2) is 5.82 Å². The highest BCUT2D eigenvalue weighted by atomic mass is 19.1. The molecule has 0 saturated heterocycles. The van der Waals surface area contributed by atoms with Gasteiger partial charge in [-0.25, -0.2) is 18.7 Å². The summed E-state index contributed by atoms with van der Waals surface area (Å²) in [5.74, 6) is -1.64. The number of hydrogen-bond donors (Lipinski definition) is 0. The maximum atomic E-state index is 13.7. The molecule has 3 nitrogen and oxygen atoms in total. The number of halogens is 2. The van der Waals surface area contributed by atoms with Crippen molar-refractivity contribution >= 4 is 0 Å². The van der Waals surface area contributed by atoms with Gasteiger partial charge in [-0.1, -0.05) is 37.6 Å². The number of aryl methyl sites for hydroxylation is 1. The molecule has 0 fully saturated rings. The van der Waals surface area contributed by atoms with Gasteiger partial charge in [0.05, 0.1) is 0 Å². The number of nitrogens with zero attached hydrogens (tertiary/aromatic N) is 3. The Morgan fingerprint density at radius 1 is 0.920 bits per heavy atom. The smallest absolute Gasteiger partial charge is 0.159 e. The molecule has 0 aliphatic heterocycles. The van der Waals surface area contributed by atoms with Crippen LogP contribution in [0.25, 0.3) is 22.5 Å². The molecule has 3 aromatic rings. The zero-order valence-corrected chi connectivity index (χ0v) is 13.6. The predicted octanol–water partition coefficient (Wildman–Crippen LogP) is 4.91. The fraction of sp³-hybridized carbons (Fsp3) is 0.150. The molecule has 0 atom stereocenters. The topological polar surface area (TPSA) is 49.6 Å². The summed E-state index contributed by atoms with van der Waals surface area (Å²) in [4.78, 5) is 8.39. The van der Waals surface area contributed by atoms with Gasteiger partial charge >= 0.3 is 0 Å². The Hall–Kier alpha value is -3.13. The van der Waals surface area contributed by atoms with Crippen LogP contribution in [-0.4, -0.2) is 9.97 Å². The van der Waals surface area contributed by atoms with Crippen molar-refractivity contribution in [2.75, 3.05) is 0 Å². The maximum Gasteiger partial charge on any atom is 0.159 e. The number of nitriles is 1. The molecule has 0 aliphatic rings. The third kappa shape index (κ3) is 3.53. The summed E-state index contributed by atoms with van der Waals surface area (Å²) in [6.45, 7) is 2.13. The standard InChI is InChI=1S/C20H15F2N3/c1-2-3-13-4-6-14(7-5-13)16-11-24-20(25-12-16)15-8-18(21)17(10-23)19(22)9-15/h4-9,11-12H,2-3H2,1H3. The molecule has 0 saturated carbocycles. The van der Waals surface area contributed by atoms with Crippen LogP contribution >= 0.6 is 0 Å². The fourth-order valence-electron chi connectivity index (χ4n) is 2.59. The molecule has 3 rings (SSSR count). The van der Waals surface area contributed by atoms with E-state index < -0.39 is 17.2 Å². The molecule has 0 bridgehead atoms. The van der Waals surface area contributed by atoms with Crippen LogP contribution in [0.4, 0.5) is 8.78 Å². The molecule has 124 valence electrons. The van der Waals surface area contributed by atoms with Crippen LogP contribution in [0.2, 0.25) is 0 Å². The zero-order valence-electron chi connectivity index (χ0n) is 13.6. The Morgan fingerprint density at radius 2 is 1.52 bits per heavy atom. The lowest BCUT2D eigenvalue weighted by atomic mass is 10.0. The molecular weight excluding hydrogens is 320 g/mol. The second-order valence-corrected chi connectivity index (χ2v) is 5.67. The van der Waals surface area contributed by atoms with Crippen molar-refractivity contribution in [1.29, 1.82) is 5.26 Å². The predicted molar refractivity (Wildman–Crippen MR) is 91.5 cm³/mol. The van der Waals surface area contributed by atoms with Gasteiger partial charge in [-0.3, -0.25) is 0 Å². The van der Waals surface area contributed by atoms with Crippen LogP contribution in [0.3, 0.4) is 0 Å². The van der Waals surface area contributed by atoms with E-state index in [2.05, 4.69) is 29.0 Å². The van der Waals surface area contributed by atoms with E-state index in [0.717, 1.165) is 36.1 Å². The second-order valence-electron chi connectivity index (χ2n) is 5.67. The highest BCUT2D eigenvalue weighted by molar-refractivity contribution is 5.64. The van der Waals surface area contributed by atoms with Crippen LogP contribution in [-0.2, 0) is 6.42 Å². The quantitative estimate of drug-likeness (QED) is 0.680. The van der Waals surface area contributed by atoms with Gasteiger partial charge in [-0.05, 0) is 29.7 Å². The lowest BCUT2D eigenvalue weighted by Gasteiger charge is -2.06. The lowest BCUT2D eigenvalue weighted by Crippen LogP contribution is -1.95. The van der Waals surface area contributed by atoms with E-state index in [4.69, 9.17) is 5.26 Å². The Labute approximate surface area is 144 Å². The highest BCUT2D eigenvalue weighted by Crippen LogP contribution is 2.24. The first-order valence-electron chi connectivity index (χ1n) is 7.93. The molecule has 0 aliphatic carbocycles. The number of rotatable bonds is 4. The van der Waals surface area contributed by atoms with Crippen LogP contribution in [0, 0.1) is 23.0 Å². The largest absolute Gasteiger partial charge is 0.236 e. The van der Waals surface area contributed by atoms with Gasteiger partial charge in [-0.15, -0.1) is 0 Å². The minimum absolute atomic E-state index is 0.193. The van der Waals surface area contributed by atoms with E-state index >= 15 is 0 Å². The maximum absolute atomic E-state index is 13.7. The zero-order chi connectivity index (χ0) is 17.8. The summed E-state index contributed by atoms with van der Waals surface area (Å²) >= 11 is 0. The average Bonchev–Trinajstić information content (AvgIpc) is 2.62. The Balaban J connectivity index is 1.89. The SMILES string of the molecule is CCCc1ccc(-c2cnc(-c3cc(F)c(C#N)c(F)c3)nc2)cc1. The van der Waals surface area contributed by atoms with Crippen molar-refractivity contribution in [2.45, 2.75) is 19.8 Å². The van der Waals surface area contributed by atoms with Crippen molar-refractivity contribution in [3.63, 3.8) is 0 Å². The van der Waals surface area contributed by atoms with E-state index in [0.29, 0.717) is 0 Å². The molecule has 0 unspecified atom stereocenters. The summed E-state index contributed by atoms with van der Waals surface area (Å²) in [6, 6.07) is 11.8. The van der Waals surface area contributed by atoms with Gasteiger partial charge in [0, 0.05) is 23.5 Å². The van der Waals surface area contributed by atoms with Gasteiger partial charge in [0.2, 0.25) is 0 Å². The normalized spacial score (nSPS) is 10.5. The third-order valence-corrected chi connectivity index (χ3v) is 3.89. The molecule has 0 spiro atoms. The monoisotopic (exact) mass is 335 g/mol. The summed E-state index contributed by atoms with van der Waals surface area (Å²) < 4.78 is 27.4. The molecule has 1 heterocycles. The molecule has 0 amide bonds. The van der Waals surface area contributed by atoms with Gasteiger partial charge in [-0.2, -0.15) is 5.26 Å². The molecule has 25 heavy (non-hydrogen) atoms.